The van der Waals surface area contributed by atoms with Gasteiger partial charge in [-0.1, -0.05) is 24.3 Å². The van der Waals surface area contributed by atoms with Crippen LogP contribution in [0.15, 0.2) is 47.5 Å². The van der Waals surface area contributed by atoms with Crippen LogP contribution in [0.25, 0.3) is 11.0 Å². The lowest BCUT2D eigenvalue weighted by Gasteiger charge is -2.19. The smallest absolute Gasteiger partial charge is 0.133 e. The fraction of sp³-hybridized carbons (Fsp3) is 0.231. The Morgan fingerprint density at radius 1 is 1.19 bits per heavy atom. The summed E-state index contributed by atoms with van der Waals surface area (Å²) in [7, 11) is 2.20. The summed E-state index contributed by atoms with van der Waals surface area (Å²) < 4.78 is 2.22. The zero-order valence-electron chi connectivity index (χ0n) is 9.53. The molecular formula is C13H15BN2. The summed E-state index contributed by atoms with van der Waals surface area (Å²) in [5.41, 5.74) is 5.55. The van der Waals surface area contributed by atoms with Crippen LogP contribution in [0, 0.1) is 0 Å². The predicted octanol–water partition coefficient (Wildman–Crippen LogP) is 2.21. The molecule has 2 aromatic rings. The Kier molecular flexibility index (Phi) is 2.24. The summed E-state index contributed by atoms with van der Waals surface area (Å²) in [5.74, 6) is 0. The minimum atomic E-state index is 1.00. The monoisotopic (exact) mass is 210 g/mol. The zero-order valence-corrected chi connectivity index (χ0v) is 9.53. The van der Waals surface area contributed by atoms with Crippen molar-refractivity contribution < 1.29 is 0 Å². The second kappa shape index (κ2) is 3.74. The molecule has 0 bridgehead atoms. The van der Waals surface area contributed by atoms with Gasteiger partial charge in [-0.05, 0) is 30.5 Å². The number of nitrogens with zero attached hydrogens (tertiary/aromatic N) is 1. The van der Waals surface area contributed by atoms with Crippen LogP contribution in [0.3, 0.4) is 0 Å². The molecule has 0 saturated heterocycles. The largest absolute Gasteiger partial charge is 0.296 e. The minimum Gasteiger partial charge on any atom is -0.296 e. The Labute approximate surface area is 96.0 Å². The second-order valence-electron chi connectivity index (χ2n) is 4.55. The highest BCUT2D eigenvalue weighted by Gasteiger charge is 2.08. The number of allylic oxidation sites excluding steroid dienone is 4. The Hall–Kier alpha value is -1.64. The van der Waals surface area contributed by atoms with Crippen molar-refractivity contribution in [2.45, 2.75) is 19.4 Å². The van der Waals surface area contributed by atoms with Crippen molar-refractivity contribution in [3.05, 3.63) is 47.5 Å². The van der Waals surface area contributed by atoms with Gasteiger partial charge in [-0.2, -0.15) is 0 Å². The summed E-state index contributed by atoms with van der Waals surface area (Å²) in [5, 5.41) is 3.35. The molecule has 80 valence electrons. The first kappa shape index (κ1) is 9.58. The van der Waals surface area contributed by atoms with Gasteiger partial charge in [0.15, 0.2) is 0 Å². The number of hydrogen-bond acceptors (Lipinski definition) is 0. The van der Waals surface area contributed by atoms with Gasteiger partial charge in [0, 0.05) is 0 Å². The van der Waals surface area contributed by atoms with Crippen LogP contribution in [0.1, 0.15) is 12.8 Å². The molecule has 1 heterocycles. The normalized spacial score (nSPS) is 16.2. The van der Waals surface area contributed by atoms with E-state index >= 15 is 0 Å². The molecule has 1 aromatic carbocycles. The van der Waals surface area contributed by atoms with E-state index in [1.54, 1.807) is 0 Å². The van der Waals surface area contributed by atoms with Crippen LogP contribution in [-0.2, 0) is 6.54 Å². The first-order valence-corrected chi connectivity index (χ1v) is 5.81. The Morgan fingerprint density at radius 3 is 2.81 bits per heavy atom. The van der Waals surface area contributed by atoms with Crippen LogP contribution < -0.4 is 0 Å². The number of rotatable bonds is 2. The fourth-order valence-corrected chi connectivity index (χ4v) is 2.20. The predicted molar refractivity (Wildman–Crippen MR) is 70.2 cm³/mol. The van der Waals surface area contributed by atoms with Crippen LogP contribution in [-0.4, -0.2) is 17.6 Å². The SMILES string of the molecule is BC1=CC=C(Cn2[nH]c3ccccc32)CC1. The maximum atomic E-state index is 3.35. The first-order chi connectivity index (χ1) is 7.83. The molecule has 0 unspecified atom stereocenters. The number of aromatic nitrogens is 2. The summed E-state index contributed by atoms with van der Waals surface area (Å²) >= 11 is 0. The van der Waals surface area contributed by atoms with Crippen molar-refractivity contribution in [1.82, 2.24) is 9.78 Å². The fourth-order valence-electron chi connectivity index (χ4n) is 2.20. The van der Waals surface area contributed by atoms with Gasteiger partial charge >= 0.3 is 0 Å². The highest BCUT2D eigenvalue weighted by Crippen LogP contribution is 2.21. The van der Waals surface area contributed by atoms with Gasteiger partial charge in [-0.3, -0.25) is 9.78 Å². The number of fused-ring (bicyclic) bond motifs is 1. The van der Waals surface area contributed by atoms with Crippen molar-refractivity contribution in [2.75, 3.05) is 0 Å². The quantitative estimate of drug-likeness (QED) is 0.733. The van der Waals surface area contributed by atoms with Gasteiger partial charge in [-0.25, -0.2) is 0 Å². The van der Waals surface area contributed by atoms with Gasteiger partial charge in [0.05, 0.1) is 17.6 Å². The molecule has 16 heavy (non-hydrogen) atoms. The Balaban J connectivity index is 1.82. The van der Waals surface area contributed by atoms with Crippen LogP contribution >= 0.6 is 0 Å². The molecule has 3 heteroatoms. The van der Waals surface area contributed by atoms with E-state index in [1.165, 1.54) is 34.9 Å². The molecule has 0 spiro atoms. The van der Waals surface area contributed by atoms with Crippen LogP contribution in [0.4, 0.5) is 0 Å². The molecule has 1 aromatic heterocycles. The molecule has 3 rings (SSSR count). The van der Waals surface area contributed by atoms with E-state index in [1.807, 2.05) is 0 Å². The van der Waals surface area contributed by atoms with Crippen LogP contribution in [0.5, 0.6) is 0 Å². The Bertz CT molecular complexity index is 572. The summed E-state index contributed by atoms with van der Waals surface area (Å²) in [6.07, 6.45) is 6.91. The number of aromatic amines is 1. The van der Waals surface area contributed by atoms with E-state index in [4.69, 9.17) is 0 Å². The van der Waals surface area contributed by atoms with E-state index in [0.717, 1.165) is 6.54 Å². The molecule has 0 amide bonds. The molecule has 0 aliphatic heterocycles. The van der Waals surface area contributed by atoms with Crippen LogP contribution in [0.2, 0.25) is 0 Å². The van der Waals surface area contributed by atoms with Crippen molar-refractivity contribution in [2.24, 2.45) is 0 Å². The standard InChI is InChI=1S/C13H15BN2/c14-11-7-5-10(6-8-11)9-16-13-4-2-1-3-12(13)15-16/h1-5,7,15H,6,8-9,14H2. The summed E-state index contributed by atoms with van der Waals surface area (Å²) in [4.78, 5) is 0. The molecule has 1 N–H and O–H groups in total. The lowest BCUT2D eigenvalue weighted by Crippen LogP contribution is -2.13. The Morgan fingerprint density at radius 2 is 2.06 bits per heavy atom. The maximum Gasteiger partial charge on any atom is 0.133 e. The number of H-pyrrole nitrogens is 1. The van der Waals surface area contributed by atoms with Crippen molar-refractivity contribution in [1.29, 1.82) is 0 Å². The number of hydrogen-bond donors (Lipinski definition) is 1. The first-order valence-electron chi connectivity index (χ1n) is 5.81. The van der Waals surface area contributed by atoms with E-state index in [0.29, 0.717) is 0 Å². The van der Waals surface area contributed by atoms with Crippen molar-refractivity contribution >= 4 is 18.9 Å². The van der Waals surface area contributed by atoms with Crippen molar-refractivity contribution in [3.63, 3.8) is 0 Å². The number of para-hydroxylation sites is 2. The van der Waals surface area contributed by atoms with Gasteiger partial charge in [0.25, 0.3) is 0 Å². The molecule has 1 aliphatic rings. The van der Waals surface area contributed by atoms with Crippen molar-refractivity contribution in [3.8, 4) is 0 Å². The van der Waals surface area contributed by atoms with E-state index in [-0.39, 0.29) is 0 Å². The molecule has 0 saturated carbocycles. The molecule has 0 fully saturated rings. The molecule has 1 aliphatic carbocycles. The maximum absolute atomic E-state index is 3.35. The average molecular weight is 210 g/mol. The highest BCUT2D eigenvalue weighted by atomic mass is 15.3. The van der Waals surface area contributed by atoms with Gasteiger partial charge < -0.3 is 0 Å². The third-order valence-corrected chi connectivity index (χ3v) is 3.26. The highest BCUT2D eigenvalue weighted by molar-refractivity contribution is 6.21. The molecular weight excluding hydrogens is 195 g/mol. The number of benzene rings is 1. The van der Waals surface area contributed by atoms with Gasteiger partial charge in [0.2, 0.25) is 0 Å². The summed E-state index contributed by atoms with van der Waals surface area (Å²) in [6.45, 7) is 1.00. The number of nitrogens with one attached hydrogen (secondary N) is 1. The molecule has 2 nitrogen and oxygen atoms in total. The van der Waals surface area contributed by atoms with E-state index < -0.39 is 0 Å². The molecule has 0 radical (unpaired) electrons. The van der Waals surface area contributed by atoms with Gasteiger partial charge in [-0.15, -0.1) is 5.47 Å². The summed E-state index contributed by atoms with van der Waals surface area (Å²) in [6, 6.07) is 8.43. The average Bonchev–Trinajstić information content (AvgIpc) is 2.28. The van der Waals surface area contributed by atoms with Gasteiger partial charge in [0.1, 0.15) is 7.85 Å². The second-order valence-corrected chi connectivity index (χ2v) is 4.55. The van der Waals surface area contributed by atoms with E-state index in [2.05, 4.69) is 54.0 Å². The minimum absolute atomic E-state index is 1.00. The lowest BCUT2D eigenvalue weighted by atomic mass is 9.85. The zero-order chi connectivity index (χ0) is 11.0. The lowest BCUT2D eigenvalue weighted by molar-refractivity contribution is 0.651. The van der Waals surface area contributed by atoms with E-state index in [9.17, 15) is 0 Å². The topological polar surface area (TPSA) is 20.7 Å². The third-order valence-electron chi connectivity index (χ3n) is 3.26. The molecule has 0 atom stereocenters. The third kappa shape index (κ3) is 1.62.